The summed E-state index contributed by atoms with van der Waals surface area (Å²) in [5.74, 6) is -1.08. The molecule has 2 amide bonds. The lowest BCUT2D eigenvalue weighted by molar-refractivity contribution is -0.125. The molecule has 3 rings (SSSR count). The Morgan fingerprint density at radius 3 is 2.74 bits per heavy atom. The van der Waals surface area contributed by atoms with Gasteiger partial charge in [-0.05, 0) is 29.8 Å². The van der Waals surface area contributed by atoms with E-state index in [1.54, 1.807) is 29.3 Å². The van der Waals surface area contributed by atoms with Crippen LogP contribution in [0.1, 0.15) is 21.6 Å². The number of rotatable bonds is 4. The molecule has 5 nitrogen and oxygen atoms in total. The van der Waals surface area contributed by atoms with Crippen molar-refractivity contribution in [1.29, 1.82) is 0 Å². The van der Waals surface area contributed by atoms with Gasteiger partial charge in [-0.3, -0.25) is 14.6 Å². The zero-order valence-corrected chi connectivity index (χ0v) is 12.4. The van der Waals surface area contributed by atoms with Gasteiger partial charge < -0.3 is 10.6 Å². The third-order valence-electron chi connectivity index (χ3n) is 3.91. The van der Waals surface area contributed by atoms with Crippen LogP contribution < -0.4 is 5.73 Å². The Hall–Kier alpha value is -2.76. The molecule has 0 radical (unpaired) electrons. The summed E-state index contributed by atoms with van der Waals surface area (Å²) in [5, 5.41) is 0. The molecule has 0 atom stereocenters. The van der Waals surface area contributed by atoms with E-state index in [9.17, 15) is 14.0 Å². The van der Waals surface area contributed by atoms with E-state index in [-0.39, 0.29) is 23.5 Å². The van der Waals surface area contributed by atoms with Crippen molar-refractivity contribution >= 4 is 11.8 Å². The molecule has 0 spiro atoms. The van der Waals surface area contributed by atoms with Crippen LogP contribution >= 0.6 is 0 Å². The molecule has 1 aromatic heterocycles. The Kier molecular flexibility index (Phi) is 4.06. The molecule has 1 saturated heterocycles. The Morgan fingerprint density at radius 2 is 2.04 bits per heavy atom. The van der Waals surface area contributed by atoms with Gasteiger partial charge in [-0.1, -0.05) is 12.1 Å². The van der Waals surface area contributed by atoms with Crippen LogP contribution in [-0.2, 0) is 11.2 Å². The molecule has 0 aliphatic carbocycles. The largest absolute Gasteiger partial charge is 0.369 e. The van der Waals surface area contributed by atoms with Crippen LogP contribution in [0.2, 0.25) is 0 Å². The summed E-state index contributed by atoms with van der Waals surface area (Å²) in [7, 11) is 0. The smallest absolute Gasteiger partial charge is 0.254 e. The molecule has 1 fully saturated rings. The number of nitrogens with two attached hydrogens (primary N) is 1. The number of primary amides is 1. The molecule has 1 aliphatic rings. The fourth-order valence-electron chi connectivity index (χ4n) is 2.57. The molecule has 0 saturated carbocycles. The Labute approximate surface area is 132 Å². The van der Waals surface area contributed by atoms with E-state index < -0.39 is 0 Å². The predicted molar refractivity (Wildman–Crippen MR) is 82.0 cm³/mol. The number of hydrogen-bond donors (Lipinski definition) is 1. The highest BCUT2D eigenvalue weighted by atomic mass is 19.1. The standard InChI is InChI=1S/C17H16FN3O2/c18-14-3-1-2-11(6-14)7-15-8-12(4-5-20-15)17(23)21-9-13(10-21)16(19)22/h1-6,8,13H,7,9-10H2,(H2,19,22). The van der Waals surface area contributed by atoms with Gasteiger partial charge in [0.2, 0.25) is 5.91 Å². The minimum Gasteiger partial charge on any atom is -0.369 e. The van der Waals surface area contributed by atoms with Gasteiger partial charge in [-0.15, -0.1) is 0 Å². The number of likely N-dealkylation sites (tertiary alicyclic amines) is 1. The van der Waals surface area contributed by atoms with Crippen molar-refractivity contribution in [2.75, 3.05) is 13.1 Å². The minimum atomic E-state index is -0.379. The van der Waals surface area contributed by atoms with E-state index in [0.717, 1.165) is 5.56 Å². The average molecular weight is 313 g/mol. The minimum absolute atomic E-state index is 0.148. The van der Waals surface area contributed by atoms with Crippen LogP contribution in [0.4, 0.5) is 4.39 Å². The van der Waals surface area contributed by atoms with Crippen molar-refractivity contribution in [3.63, 3.8) is 0 Å². The van der Waals surface area contributed by atoms with E-state index in [4.69, 9.17) is 5.73 Å². The maximum Gasteiger partial charge on any atom is 0.254 e. The number of benzene rings is 1. The number of halogens is 1. The summed E-state index contributed by atoms with van der Waals surface area (Å²) in [4.78, 5) is 29.2. The van der Waals surface area contributed by atoms with Gasteiger partial charge in [0.25, 0.3) is 5.91 Å². The van der Waals surface area contributed by atoms with Crippen LogP contribution in [0.25, 0.3) is 0 Å². The fourth-order valence-corrected chi connectivity index (χ4v) is 2.57. The number of carbonyl (C=O) groups is 2. The highest BCUT2D eigenvalue weighted by molar-refractivity contribution is 5.96. The molecule has 0 bridgehead atoms. The number of nitrogens with zero attached hydrogens (tertiary/aromatic N) is 2. The Morgan fingerprint density at radius 1 is 1.26 bits per heavy atom. The van der Waals surface area contributed by atoms with Gasteiger partial charge in [0.1, 0.15) is 5.82 Å². The maximum atomic E-state index is 13.2. The summed E-state index contributed by atoms with van der Waals surface area (Å²) >= 11 is 0. The zero-order valence-electron chi connectivity index (χ0n) is 12.4. The van der Waals surface area contributed by atoms with Gasteiger partial charge in [-0.25, -0.2) is 4.39 Å². The second-order valence-electron chi connectivity index (χ2n) is 5.65. The lowest BCUT2D eigenvalue weighted by atomic mass is 9.98. The zero-order chi connectivity index (χ0) is 16.4. The van der Waals surface area contributed by atoms with Gasteiger partial charge >= 0.3 is 0 Å². The molecule has 1 aromatic carbocycles. The van der Waals surface area contributed by atoms with Crippen molar-refractivity contribution in [3.05, 3.63) is 65.2 Å². The number of amides is 2. The van der Waals surface area contributed by atoms with Crippen molar-refractivity contribution in [2.45, 2.75) is 6.42 Å². The molecule has 6 heteroatoms. The lowest BCUT2D eigenvalue weighted by Crippen LogP contribution is -2.54. The van der Waals surface area contributed by atoms with Gasteiger partial charge in [0.15, 0.2) is 0 Å². The molecule has 23 heavy (non-hydrogen) atoms. The van der Waals surface area contributed by atoms with E-state index in [0.29, 0.717) is 30.8 Å². The highest BCUT2D eigenvalue weighted by Crippen LogP contribution is 2.19. The highest BCUT2D eigenvalue weighted by Gasteiger charge is 2.34. The molecular weight excluding hydrogens is 297 g/mol. The first-order valence-electron chi connectivity index (χ1n) is 7.31. The first-order valence-corrected chi connectivity index (χ1v) is 7.31. The van der Waals surface area contributed by atoms with Crippen molar-refractivity contribution in [1.82, 2.24) is 9.88 Å². The third-order valence-corrected chi connectivity index (χ3v) is 3.91. The van der Waals surface area contributed by atoms with Crippen LogP contribution in [-0.4, -0.2) is 34.8 Å². The lowest BCUT2D eigenvalue weighted by Gasteiger charge is -2.37. The normalized spacial score (nSPS) is 14.4. The SMILES string of the molecule is NC(=O)C1CN(C(=O)c2ccnc(Cc3cccc(F)c3)c2)C1. The fraction of sp³-hybridized carbons (Fsp3) is 0.235. The topological polar surface area (TPSA) is 76.3 Å². The van der Waals surface area contributed by atoms with E-state index in [1.807, 2.05) is 6.07 Å². The van der Waals surface area contributed by atoms with E-state index in [2.05, 4.69) is 4.98 Å². The number of aromatic nitrogens is 1. The quantitative estimate of drug-likeness (QED) is 0.926. The molecule has 2 aromatic rings. The van der Waals surface area contributed by atoms with Gasteiger partial charge in [0.05, 0.1) is 5.92 Å². The summed E-state index contributed by atoms with van der Waals surface area (Å²) in [5.41, 5.74) is 7.19. The monoisotopic (exact) mass is 313 g/mol. The molecule has 2 N–H and O–H groups in total. The van der Waals surface area contributed by atoms with Crippen LogP contribution in [0.3, 0.4) is 0 Å². The maximum absolute atomic E-state index is 13.2. The van der Waals surface area contributed by atoms with E-state index >= 15 is 0 Å². The van der Waals surface area contributed by atoms with Crippen LogP contribution in [0.15, 0.2) is 42.6 Å². The second kappa shape index (κ2) is 6.16. The molecule has 118 valence electrons. The first-order chi connectivity index (χ1) is 11.0. The van der Waals surface area contributed by atoms with Crippen LogP contribution in [0, 0.1) is 11.7 Å². The summed E-state index contributed by atoms with van der Waals surface area (Å²) in [6.07, 6.45) is 2.01. The van der Waals surface area contributed by atoms with Gasteiger partial charge in [0, 0.05) is 37.0 Å². The molecular formula is C17H16FN3O2. The van der Waals surface area contributed by atoms with Gasteiger partial charge in [-0.2, -0.15) is 0 Å². The summed E-state index contributed by atoms with van der Waals surface area (Å²) in [6.45, 7) is 0.714. The number of hydrogen-bond acceptors (Lipinski definition) is 3. The summed E-state index contributed by atoms with van der Waals surface area (Å²) in [6, 6.07) is 9.62. The van der Waals surface area contributed by atoms with E-state index in [1.165, 1.54) is 12.1 Å². The predicted octanol–water partition coefficient (Wildman–Crippen LogP) is 1.37. The van der Waals surface area contributed by atoms with Crippen molar-refractivity contribution in [2.24, 2.45) is 11.7 Å². The van der Waals surface area contributed by atoms with Crippen molar-refractivity contribution < 1.29 is 14.0 Å². The number of carbonyl (C=O) groups excluding carboxylic acids is 2. The first kappa shape index (κ1) is 15.1. The second-order valence-corrected chi connectivity index (χ2v) is 5.65. The van der Waals surface area contributed by atoms with Crippen LogP contribution in [0.5, 0.6) is 0 Å². The Bertz CT molecular complexity index is 757. The Balaban J connectivity index is 1.70. The molecule has 0 unspecified atom stereocenters. The molecule has 1 aliphatic heterocycles. The average Bonchev–Trinajstić information content (AvgIpc) is 2.45. The number of pyridine rings is 1. The van der Waals surface area contributed by atoms with Crippen molar-refractivity contribution in [3.8, 4) is 0 Å². The molecule has 2 heterocycles. The summed E-state index contributed by atoms with van der Waals surface area (Å²) < 4.78 is 13.2. The third kappa shape index (κ3) is 3.36.